The third-order valence-electron chi connectivity index (χ3n) is 0.841. The normalized spacial score (nSPS) is 9.40. The highest BCUT2D eigenvalue weighted by Gasteiger charge is 1.97. The van der Waals surface area contributed by atoms with Crippen molar-refractivity contribution in [2.75, 3.05) is 3.94 Å². The molecule has 0 atom stereocenters. The Bertz CT molecular complexity index is 271. The lowest BCUT2D eigenvalue weighted by atomic mass is 10.6. The lowest BCUT2D eigenvalue weighted by Crippen LogP contribution is -2.11. The molecule has 1 aromatic heterocycles. The second-order valence-electron chi connectivity index (χ2n) is 1.49. The molecule has 0 aliphatic carbocycles. The van der Waals surface area contributed by atoms with Gasteiger partial charge in [0.25, 0.3) is 0 Å². The molecule has 4 nitrogen and oxygen atoms in total. The Kier molecular flexibility index (Phi) is 2.13. The maximum absolute atomic E-state index is 10.5. The summed E-state index contributed by atoms with van der Waals surface area (Å²) >= 11 is 10.6. The van der Waals surface area contributed by atoms with Crippen LogP contribution in [-0.4, -0.2) is 9.97 Å². The lowest BCUT2D eigenvalue weighted by molar-refractivity contribution is 1.07. The van der Waals surface area contributed by atoms with E-state index in [-0.39, 0.29) is 0 Å². The largest absolute Gasteiger partial charge is 0.346 e. The fraction of sp³-hybridized carbons (Fsp3) is 0. The van der Waals surface area contributed by atoms with Crippen molar-refractivity contribution in [1.82, 2.24) is 9.97 Å². The summed E-state index contributed by atoms with van der Waals surface area (Å²) in [7, 11) is 0. The highest BCUT2D eigenvalue weighted by atomic mass is 35.5. The van der Waals surface area contributed by atoms with E-state index in [2.05, 4.69) is 9.97 Å². The molecule has 0 fully saturated rings. The minimum absolute atomic E-state index is 0.295. The number of rotatable bonds is 1. The van der Waals surface area contributed by atoms with E-state index in [4.69, 9.17) is 23.6 Å². The molecule has 0 radical (unpaired) electrons. The zero-order chi connectivity index (χ0) is 7.56. The van der Waals surface area contributed by atoms with Gasteiger partial charge in [-0.05, 0) is 6.07 Å². The highest BCUT2D eigenvalue weighted by molar-refractivity contribution is 6.49. The minimum atomic E-state index is -0.483. The van der Waals surface area contributed by atoms with Gasteiger partial charge in [0.05, 0.1) is 0 Å². The Morgan fingerprint density at radius 3 is 2.70 bits per heavy atom. The van der Waals surface area contributed by atoms with Crippen molar-refractivity contribution >= 4 is 29.4 Å². The zero-order valence-corrected chi connectivity index (χ0v) is 6.23. The quantitative estimate of drug-likeness (QED) is 0.652. The summed E-state index contributed by atoms with van der Waals surface area (Å²) in [6.07, 6.45) is 1.31. The van der Waals surface area contributed by atoms with Crippen molar-refractivity contribution < 1.29 is 0 Å². The molecular weight excluding hydrogens is 177 g/mol. The topological polar surface area (TPSA) is 49.0 Å². The zero-order valence-electron chi connectivity index (χ0n) is 4.71. The predicted molar refractivity (Wildman–Crippen MR) is 39.0 cm³/mol. The number of aromatic nitrogens is 2. The van der Waals surface area contributed by atoms with Gasteiger partial charge in [-0.1, -0.05) is 0 Å². The molecule has 1 aromatic rings. The number of nitrogens with zero attached hydrogens (tertiary/aromatic N) is 2. The number of hydrogen-bond acceptors (Lipinski definition) is 3. The molecule has 10 heavy (non-hydrogen) atoms. The van der Waals surface area contributed by atoms with Crippen LogP contribution in [0.1, 0.15) is 0 Å². The first kappa shape index (κ1) is 7.37. The van der Waals surface area contributed by atoms with Crippen LogP contribution < -0.4 is 9.63 Å². The van der Waals surface area contributed by atoms with Gasteiger partial charge >= 0.3 is 5.69 Å². The second-order valence-corrected chi connectivity index (χ2v) is 2.34. The van der Waals surface area contributed by atoms with Crippen molar-refractivity contribution in [1.29, 1.82) is 0 Å². The number of hydrogen-bond donors (Lipinski definition) is 1. The molecule has 0 aliphatic rings. The molecule has 0 spiro atoms. The summed E-state index contributed by atoms with van der Waals surface area (Å²) < 4.78 is 0.753. The van der Waals surface area contributed by atoms with Crippen molar-refractivity contribution in [3.05, 3.63) is 22.7 Å². The van der Waals surface area contributed by atoms with Gasteiger partial charge in [0.15, 0.2) is 0 Å². The molecule has 0 saturated heterocycles. The van der Waals surface area contributed by atoms with Crippen LogP contribution in [0.4, 0.5) is 5.82 Å². The molecule has 1 rings (SSSR count). The van der Waals surface area contributed by atoms with Crippen LogP contribution in [0.15, 0.2) is 17.1 Å². The van der Waals surface area contributed by atoms with Crippen molar-refractivity contribution in [2.24, 2.45) is 0 Å². The smallest absolute Gasteiger partial charge is 0.290 e. The summed E-state index contributed by atoms with van der Waals surface area (Å²) in [5.74, 6) is 0.295. The van der Waals surface area contributed by atoms with E-state index < -0.39 is 5.69 Å². The van der Waals surface area contributed by atoms with Crippen molar-refractivity contribution in [2.45, 2.75) is 0 Å². The minimum Gasteiger partial charge on any atom is -0.290 e. The van der Waals surface area contributed by atoms with Crippen LogP contribution in [0.25, 0.3) is 0 Å². The highest BCUT2D eigenvalue weighted by Crippen LogP contribution is 2.11. The van der Waals surface area contributed by atoms with E-state index in [1.807, 2.05) is 0 Å². The van der Waals surface area contributed by atoms with Gasteiger partial charge in [-0.15, -0.1) is 0 Å². The SMILES string of the molecule is O=c1nccc(N(Cl)Cl)[nH]1. The van der Waals surface area contributed by atoms with Gasteiger partial charge in [-0.3, -0.25) is 4.98 Å². The van der Waals surface area contributed by atoms with Crippen LogP contribution >= 0.6 is 23.6 Å². The van der Waals surface area contributed by atoms with E-state index in [0.717, 1.165) is 3.94 Å². The van der Waals surface area contributed by atoms with Crippen LogP contribution in [0, 0.1) is 0 Å². The van der Waals surface area contributed by atoms with Crippen LogP contribution in [0.2, 0.25) is 0 Å². The first-order chi connectivity index (χ1) is 4.70. The average molecular weight is 180 g/mol. The summed E-state index contributed by atoms with van der Waals surface area (Å²) in [6, 6.07) is 1.47. The van der Waals surface area contributed by atoms with Crippen molar-refractivity contribution in [3.8, 4) is 0 Å². The number of halogens is 2. The first-order valence-electron chi connectivity index (χ1n) is 2.37. The third kappa shape index (κ3) is 1.62. The monoisotopic (exact) mass is 179 g/mol. The predicted octanol–water partition coefficient (Wildman–Crippen LogP) is 0.884. The lowest BCUT2D eigenvalue weighted by Gasteiger charge is -2.01. The molecule has 6 heteroatoms. The van der Waals surface area contributed by atoms with E-state index in [1.165, 1.54) is 12.3 Å². The van der Waals surface area contributed by atoms with Gasteiger partial charge < -0.3 is 0 Å². The van der Waals surface area contributed by atoms with Gasteiger partial charge in [0.2, 0.25) is 0 Å². The summed E-state index contributed by atoms with van der Waals surface area (Å²) in [6.45, 7) is 0. The molecule has 0 aromatic carbocycles. The first-order valence-corrected chi connectivity index (χ1v) is 3.05. The molecule has 54 valence electrons. The molecule has 0 bridgehead atoms. The fourth-order valence-electron chi connectivity index (χ4n) is 0.458. The summed E-state index contributed by atoms with van der Waals surface area (Å²) in [4.78, 5) is 16.2. The molecule has 1 heterocycles. The molecule has 0 unspecified atom stereocenters. The molecule has 0 amide bonds. The molecular formula is C4H3Cl2N3O. The average Bonchev–Trinajstić information content (AvgIpc) is 1.88. The molecule has 0 aliphatic heterocycles. The van der Waals surface area contributed by atoms with E-state index in [1.54, 1.807) is 0 Å². The second kappa shape index (κ2) is 2.90. The van der Waals surface area contributed by atoms with Crippen LogP contribution in [0.3, 0.4) is 0 Å². The van der Waals surface area contributed by atoms with Gasteiger partial charge in [0, 0.05) is 29.8 Å². The van der Waals surface area contributed by atoms with E-state index >= 15 is 0 Å². The summed E-state index contributed by atoms with van der Waals surface area (Å²) in [5.41, 5.74) is -0.483. The van der Waals surface area contributed by atoms with E-state index in [0.29, 0.717) is 5.82 Å². The van der Waals surface area contributed by atoms with E-state index in [9.17, 15) is 4.79 Å². The molecule has 0 saturated carbocycles. The Morgan fingerprint density at radius 1 is 1.60 bits per heavy atom. The molecule has 1 N–H and O–H groups in total. The van der Waals surface area contributed by atoms with Gasteiger partial charge in [-0.25, -0.2) is 9.78 Å². The van der Waals surface area contributed by atoms with Gasteiger partial charge in [-0.2, -0.15) is 3.94 Å². The third-order valence-corrected chi connectivity index (χ3v) is 1.21. The Hall–Kier alpha value is -0.740. The Labute approximate surface area is 66.6 Å². The van der Waals surface area contributed by atoms with Crippen LogP contribution in [0.5, 0.6) is 0 Å². The summed E-state index contributed by atoms with van der Waals surface area (Å²) in [5, 5.41) is 0. The number of anilines is 1. The number of H-pyrrole nitrogens is 1. The number of aromatic amines is 1. The number of nitrogens with one attached hydrogen (secondary N) is 1. The maximum Gasteiger partial charge on any atom is 0.346 e. The fourth-order valence-corrected chi connectivity index (χ4v) is 0.655. The Balaban J connectivity index is 3.07. The standard InChI is InChI=1S/C4H3Cl2N3O/c5-9(6)3-1-2-7-4(10)8-3/h1-2H,(H,7,8,10). The van der Waals surface area contributed by atoms with Gasteiger partial charge in [0.1, 0.15) is 5.82 Å². The van der Waals surface area contributed by atoms with Crippen LogP contribution in [-0.2, 0) is 0 Å². The van der Waals surface area contributed by atoms with Crippen molar-refractivity contribution in [3.63, 3.8) is 0 Å². The maximum atomic E-state index is 10.5. The Morgan fingerprint density at radius 2 is 2.30 bits per heavy atom.